The molecule has 1 heterocycles. The average Bonchev–Trinajstić information content (AvgIpc) is 2.54. The van der Waals surface area contributed by atoms with Crippen LogP contribution >= 0.6 is 0 Å². The van der Waals surface area contributed by atoms with Crippen LogP contribution in [0.4, 0.5) is 22.0 Å². The zero-order chi connectivity index (χ0) is 19.2. The molecule has 2 rings (SSSR count). The topological polar surface area (TPSA) is 53.6 Å². The van der Waals surface area contributed by atoms with Gasteiger partial charge in [0, 0.05) is 32.7 Å². The summed E-state index contributed by atoms with van der Waals surface area (Å²) in [6.07, 6.45) is -4.69. The lowest BCUT2D eigenvalue weighted by molar-refractivity contribution is -0.184. The van der Waals surface area contributed by atoms with Gasteiger partial charge in [0.2, 0.25) is 5.91 Å². The number of nitrogens with one attached hydrogen (secondary N) is 2. The number of halogens is 5. The average molecular weight is 381 g/mol. The highest BCUT2D eigenvalue weighted by Gasteiger charge is 2.43. The Morgan fingerprint density at radius 3 is 2.58 bits per heavy atom. The van der Waals surface area contributed by atoms with Gasteiger partial charge in [-0.2, -0.15) is 22.0 Å². The lowest BCUT2D eigenvalue weighted by Gasteiger charge is -2.35. The highest BCUT2D eigenvalue weighted by molar-refractivity contribution is 5.78. The molecule has 0 radical (unpaired) electrons. The summed E-state index contributed by atoms with van der Waals surface area (Å²) in [5.74, 6) is -0.733. The Morgan fingerprint density at radius 2 is 1.96 bits per heavy atom. The van der Waals surface area contributed by atoms with Gasteiger partial charge in [0.05, 0.1) is 6.42 Å². The Bertz CT molecular complexity index is 591. The van der Waals surface area contributed by atoms with Crippen molar-refractivity contribution < 1.29 is 31.5 Å². The second-order valence-electron chi connectivity index (χ2n) is 5.85. The molecule has 146 valence electrons. The molecule has 0 spiro atoms. The van der Waals surface area contributed by atoms with Gasteiger partial charge in [-0.3, -0.25) is 9.69 Å². The molecule has 1 amide bonds. The number of ether oxygens (including phenoxy) is 1. The number of carbonyl (C=O) groups excluding carboxylic acids is 1. The van der Waals surface area contributed by atoms with E-state index in [1.807, 2.05) is 0 Å². The van der Waals surface area contributed by atoms with Gasteiger partial charge in [-0.25, -0.2) is 0 Å². The number of alkyl halides is 5. The van der Waals surface area contributed by atoms with Crippen molar-refractivity contribution in [2.45, 2.75) is 25.3 Å². The highest BCUT2D eigenvalue weighted by atomic mass is 19.4. The third-order valence-electron chi connectivity index (χ3n) is 3.95. The van der Waals surface area contributed by atoms with Gasteiger partial charge >= 0.3 is 12.8 Å². The molecule has 2 N–H and O–H groups in total. The van der Waals surface area contributed by atoms with Crippen LogP contribution in [0.3, 0.4) is 0 Å². The summed E-state index contributed by atoms with van der Waals surface area (Å²) in [5.41, 5.74) is 0.367. The van der Waals surface area contributed by atoms with Crippen LogP contribution in [0.15, 0.2) is 24.3 Å². The largest absolute Gasteiger partial charge is 0.435 e. The van der Waals surface area contributed by atoms with Gasteiger partial charge in [-0.15, -0.1) is 0 Å². The van der Waals surface area contributed by atoms with E-state index in [4.69, 9.17) is 0 Å². The van der Waals surface area contributed by atoms with E-state index >= 15 is 0 Å². The first-order valence-corrected chi connectivity index (χ1v) is 8.07. The van der Waals surface area contributed by atoms with Crippen LogP contribution in [0.1, 0.15) is 5.56 Å². The maximum Gasteiger partial charge on any atom is 0.405 e. The summed E-state index contributed by atoms with van der Waals surface area (Å²) in [5, 5.41) is 5.26. The van der Waals surface area contributed by atoms with Gasteiger partial charge in [0.15, 0.2) is 0 Å². The molecular formula is C16H20F5N3O2. The number of hydrogen-bond acceptors (Lipinski definition) is 4. The quantitative estimate of drug-likeness (QED) is 0.707. The lowest BCUT2D eigenvalue weighted by atomic mass is 10.1. The molecule has 0 bridgehead atoms. The number of rotatable bonds is 7. The molecule has 1 atom stereocenters. The smallest absolute Gasteiger partial charge is 0.405 e. The molecule has 1 unspecified atom stereocenters. The van der Waals surface area contributed by atoms with Crippen molar-refractivity contribution in [3.8, 4) is 5.75 Å². The summed E-state index contributed by atoms with van der Waals surface area (Å²) in [6.45, 7) is -2.16. The van der Waals surface area contributed by atoms with Crippen LogP contribution in [0.25, 0.3) is 0 Å². The molecule has 1 aromatic carbocycles. The van der Waals surface area contributed by atoms with Gasteiger partial charge in [0.1, 0.15) is 11.8 Å². The zero-order valence-corrected chi connectivity index (χ0v) is 13.9. The summed E-state index contributed by atoms with van der Waals surface area (Å²) in [6, 6.07) is 3.73. The third-order valence-corrected chi connectivity index (χ3v) is 3.95. The standard InChI is InChI=1S/C16H20F5N3O2/c17-15(18)26-12-3-1-2-11(8-12)9-14(25)23-10-13(16(19,20)21)24-6-4-22-5-7-24/h1-3,8,13,15,22H,4-7,9-10H2,(H,23,25). The van der Waals surface area contributed by atoms with Crippen LogP contribution in [-0.4, -0.2) is 62.4 Å². The monoisotopic (exact) mass is 381 g/mol. The molecule has 26 heavy (non-hydrogen) atoms. The maximum atomic E-state index is 13.3. The molecule has 5 nitrogen and oxygen atoms in total. The van der Waals surface area contributed by atoms with Crippen LogP contribution in [0.2, 0.25) is 0 Å². The number of hydrogen-bond donors (Lipinski definition) is 2. The van der Waals surface area contributed by atoms with Gasteiger partial charge in [0.25, 0.3) is 0 Å². The molecule has 0 aromatic heterocycles. The third kappa shape index (κ3) is 6.41. The molecule has 10 heteroatoms. The fourth-order valence-corrected chi connectivity index (χ4v) is 2.74. The summed E-state index contributed by atoms with van der Waals surface area (Å²) in [7, 11) is 0. The summed E-state index contributed by atoms with van der Waals surface area (Å²) in [4.78, 5) is 13.2. The molecular weight excluding hydrogens is 361 g/mol. The van der Waals surface area contributed by atoms with Crippen LogP contribution in [-0.2, 0) is 11.2 Å². The minimum Gasteiger partial charge on any atom is -0.435 e. The van der Waals surface area contributed by atoms with Crippen LogP contribution in [0.5, 0.6) is 5.75 Å². The first-order chi connectivity index (χ1) is 12.3. The fourth-order valence-electron chi connectivity index (χ4n) is 2.74. The molecule has 0 saturated carbocycles. The van der Waals surface area contributed by atoms with E-state index in [0.29, 0.717) is 18.7 Å². The Morgan fingerprint density at radius 1 is 1.27 bits per heavy atom. The molecule has 1 aliphatic heterocycles. The van der Waals surface area contributed by atoms with E-state index in [9.17, 15) is 26.7 Å². The predicted octanol–water partition coefficient (Wildman–Crippen LogP) is 1.78. The number of benzene rings is 1. The van der Waals surface area contributed by atoms with Crippen molar-refractivity contribution in [3.63, 3.8) is 0 Å². The van der Waals surface area contributed by atoms with Crippen molar-refractivity contribution in [1.29, 1.82) is 0 Å². The van der Waals surface area contributed by atoms with E-state index in [1.54, 1.807) is 0 Å². The van der Waals surface area contributed by atoms with E-state index in [0.717, 1.165) is 0 Å². The lowest BCUT2D eigenvalue weighted by Crippen LogP contribution is -2.57. The minimum absolute atomic E-state index is 0.112. The van der Waals surface area contributed by atoms with E-state index in [2.05, 4.69) is 15.4 Å². The van der Waals surface area contributed by atoms with Gasteiger partial charge in [-0.1, -0.05) is 12.1 Å². The summed E-state index contributed by atoms with van der Waals surface area (Å²) < 4.78 is 68.4. The first-order valence-electron chi connectivity index (χ1n) is 8.07. The van der Waals surface area contributed by atoms with Gasteiger partial charge in [-0.05, 0) is 17.7 Å². The van der Waals surface area contributed by atoms with Crippen molar-refractivity contribution in [2.75, 3.05) is 32.7 Å². The predicted molar refractivity (Wildman–Crippen MR) is 84.1 cm³/mol. The van der Waals surface area contributed by atoms with Crippen molar-refractivity contribution in [2.24, 2.45) is 0 Å². The first kappa shape index (κ1) is 20.4. The van der Waals surface area contributed by atoms with E-state index in [-0.39, 0.29) is 25.3 Å². The minimum atomic E-state index is -4.46. The molecule has 1 fully saturated rings. The van der Waals surface area contributed by atoms with Crippen molar-refractivity contribution >= 4 is 5.91 Å². The number of piperazine rings is 1. The SMILES string of the molecule is O=C(Cc1cccc(OC(F)F)c1)NCC(N1CCNCC1)C(F)(F)F. The maximum absolute atomic E-state index is 13.3. The van der Waals surface area contributed by atoms with Crippen molar-refractivity contribution in [1.82, 2.24) is 15.5 Å². The Hall–Kier alpha value is -1.94. The molecule has 1 saturated heterocycles. The molecule has 1 aromatic rings. The fraction of sp³-hybridized carbons (Fsp3) is 0.562. The van der Waals surface area contributed by atoms with Crippen LogP contribution < -0.4 is 15.4 Å². The Balaban J connectivity index is 1.91. The molecule has 0 aliphatic carbocycles. The summed E-state index contributed by atoms with van der Waals surface area (Å²) >= 11 is 0. The second kappa shape index (κ2) is 9.13. The Kier molecular flexibility index (Phi) is 7.15. The second-order valence-corrected chi connectivity index (χ2v) is 5.85. The van der Waals surface area contributed by atoms with E-state index < -0.39 is 31.3 Å². The van der Waals surface area contributed by atoms with Gasteiger partial charge < -0.3 is 15.4 Å². The zero-order valence-electron chi connectivity index (χ0n) is 13.9. The van der Waals surface area contributed by atoms with Crippen molar-refractivity contribution in [3.05, 3.63) is 29.8 Å². The number of amides is 1. The van der Waals surface area contributed by atoms with E-state index in [1.165, 1.54) is 29.2 Å². The normalized spacial score (nSPS) is 17.2. The number of carbonyl (C=O) groups is 1. The Labute approximate surface area is 147 Å². The van der Waals surface area contributed by atoms with Crippen LogP contribution in [0, 0.1) is 0 Å². The highest BCUT2D eigenvalue weighted by Crippen LogP contribution is 2.25. The number of nitrogens with zero attached hydrogens (tertiary/aromatic N) is 1. The molecule has 1 aliphatic rings.